The first kappa shape index (κ1) is 14.0. The Morgan fingerprint density at radius 3 is 2.63 bits per heavy atom. The second kappa shape index (κ2) is 4.95. The number of hydrogen-bond donors (Lipinski definition) is 0. The summed E-state index contributed by atoms with van der Waals surface area (Å²) < 4.78 is 19.1. The number of ether oxygens (including phenoxy) is 1. The standard InChI is InChI=1S/C16H21FO2/c1-5-19-15(18)13-9-12(13)11-7-6-10(8-14(11)17)16(2,3)4/h6-8,12-13H,5,9H2,1-4H3/t12?,13-/m0/s1. The molecule has 1 saturated carbocycles. The lowest BCUT2D eigenvalue weighted by Gasteiger charge is -2.19. The van der Waals surface area contributed by atoms with Gasteiger partial charge in [0.1, 0.15) is 5.82 Å². The van der Waals surface area contributed by atoms with E-state index in [4.69, 9.17) is 4.74 Å². The molecule has 1 aliphatic rings. The number of benzene rings is 1. The highest BCUT2D eigenvalue weighted by Gasteiger charge is 2.46. The van der Waals surface area contributed by atoms with E-state index in [9.17, 15) is 9.18 Å². The van der Waals surface area contributed by atoms with Crippen molar-refractivity contribution in [3.8, 4) is 0 Å². The van der Waals surface area contributed by atoms with E-state index in [1.54, 1.807) is 13.0 Å². The molecule has 1 aliphatic carbocycles. The SMILES string of the molecule is CCOC(=O)[C@H]1CC1c1ccc(C(C)(C)C)cc1F. The van der Waals surface area contributed by atoms with Gasteiger partial charge in [-0.3, -0.25) is 4.79 Å². The molecule has 1 aromatic carbocycles. The summed E-state index contributed by atoms with van der Waals surface area (Å²) in [6.45, 7) is 8.33. The quantitative estimate of drug-likeness (QED) is 0.776. The van der Waals surface area contributed by atoms with Crippen molar-refractivity contribution in [2.45, 2.75) is 45.4 Å². The Bertz CT molecular complexity index is 488. The first-order chi connectivity index (χ1) is 8.84. The van der Waals surface area contributed by atoms with Crippen LogP contribution in [0.5, 0.6) is 0 Å². The van der Waals surface area contributed by atoms with Crippen molar-refractivity contribution in [3.63, 3.8) is 0 Å². The average Bonchev–Trinajstić information content (AvgIpc) is 3.08. The predicted molar refractivity (Wildman–Crippen MR) is 72.6 cm³/mol. The van der Waals surface area contributed by atoms with Crippen LogP contribution in [0.3, 0.4) is 0 Å². The molecule has 1 unspecified atom stereocenters. The van der Waals surface area contributed by atoms with Crippen LogP contribution in [0.15, 0.2) is 18.2 Å². The van der Waals surface area contributed by atoms with E-state index in [0.717, 1.165) is 5.56 Å². The van der Waals surface area contributed by atoms with Crippen LogP contribution < -0.4 is 0 Å². The van der Waals surface area contributed by atoms with Crippen molar-refractivity contribution >= 4 is 5.97 Å². The third kappa shape index (κ3) is 2.96. The zero-order chi connectivity index (χ0) is 14.2. The van der Waals surface area contributed by atoms with Crippen LogP contribution in [-0.2, 0) is 14.9 Å². The summed E-state index contributed by atoms with van der Waals surface area (Å²) in [7, 11) is 0. The Labute approximate surface area is 114 Å². The largest absolute Gasteiger partial charge is 0.466 e. The molecule has 1 aromatic rings. The molecule has 3 heteroatoms. The molecular weight excluding hydrogens is 243 g/mol. The highest BCUT2D eigenvalue weighted by molar-refractivity contribution is 5.77. The minimum absolute atomic E-state index is 0.00642. The van der Waals surface area contributed by atoms with Gasteiger partial charge in [0.2, 0.25) is 0 Å². The minimum atomic E-state index is -0.204. The lowest BCUT2D eigenvalue weighted by atomic mass is 9.86. The normalized spacial score (nSPS) is 22.2. The molecule has 104 valence electrons. The van der Waals surface area contributed by atoms with E-state index < -0.39 is 0 Å². The van der Waals surface area contributed by atoms with Crippen molar-refractivity contribution in [1.82, 2.24) is 0 Å². The van der Waals surface area contributed by atoms with Gasteiger partial charge >= 0.3 is 5.97 Å². The molecule has 19 heavy (non-hydrogen) atoms. The Kier molecular flexibility index (Phi) is 3.66. The minimum Gasteiger partial charge on any atom is -0.466 e. The van der Waals surface area contributed by atoms with E-state index in [-0.39, 0.29) is 29.0 Å². The number of esters is 1. The van der Waals surface area contributed by atoms with Gasteiger partial charge in [0.15, 0.2) is 0 Å². The summed E-state index contributed by atoms with van der Waals surface area (Å²) >= 11 is 0. The highest BCUT2D eigenvalue weighted by atomic mass is 19.1. The molecule has 0 aromatic heterocycles. The molecule has 0 amide bonds. The molecule has 0 aliphatic heterocycles. The maximum Gasteiger partial charge on any atom is 0.309 e. The van der Waals surface area contributed by atoms with Crippen molar-refractivity contribution in [3.05, 3.63) is 35.1 Å². The van der Waals surface area contributed by atoms with Crippen molar-refractivity contribution in [1.29, 1.82) is 0 Å². The lowest BCUT2D eigenvalue weighted by Crippen LogP contribution is -2.12. The monoisotopic (exact) mass is 264 g/mol. The number of carbonyl (C=O) groups excluding carboxylic acids is 1. The first-order valence-corrected chi connectivity index (χ1v) is 6.81. The van der Waals surface area contributed by atoms with E-state index in [1.165, 1.54) is 0 Å². The number of carbonyl (C=O) groups is 1. The lowest BCUT2D eigenvalue weighted by molar-refractivity contribution is -0.144. The van der Waals surface area contributed by atoms with Crippen LogP contribution in [0.2, 0.25) is 0 Å². The molecule has 2 rings (SSSR count). The van der Waals surface area contributed by atoms with E-state index >= 15 is 0 Å². The van der Waals surface area contributed by atoms with Gasteiger partial charge in [-0.15, -0.1) is 0 Å². The molecule has 0 spiro atoms. The second-order valence-electron chi connectivity index (χ2n) is 6.19. The van der Waals surface area contributed by atoms with Crippen LogP contribution in [-0.4, -0.2) is 12.6 Å². The highest BCUT2D eigenvalue weighted by Crippen LogP contribution is 2.49. The fourth-order valence-electron chi connectivity index (χ4n) is 2.34. The van der Waals surface area contributed by atoms with Gasteiger partial charge in [-0.25, -0.2) is 4.39 Å². The Balaban J connectivity index is 2.14. The van der Waals surface area contributed by atoms with E-state index in [2.05, 4.69) is 20.8 Å². The van der Waals surface area contributed by atoms with Gasteiger partial charge in [-0.2, -0.15) is 0 Å². The zero-order valence-electron chi connectivity index (χ0n) is 12.0. The van der Waals surface area contributed by atoms with Gasteiger partial charge in [0, 0.05) is 5.92 Å². The van der Waals surface area contributed by atoms with Crippen molar-refractivity contribution in [2.24, 2.45) is 5.92 Å². The Morgan fingerprint density at radius 1 is 1.42 bits per heavy atom. The molecule has 1 fully saturated rings. The van der Waals surface area contributed by atoms with Gasteiger partial charge < -0.3 is 4.74 Å². The van der Waals surface area contributed by atoms with Crippen molar-refractivity contribution < 1.29 is 13.9 Å². The topological polar surface area (TPSA) is 26.3 Å². The van der Waals surface area contributed by atoms with Gasteiger partial charge in [-0.1, -0.05) is 32.9 Å². The molecule has 0 bridgehead atoms. The fraction of sp³-hybridized carbons (Fsp3) is 0.562. The average molecular weight is 264 g/mol. The predicted octanol–water partition coefficient (Wildman–Crippen LogP) is 3.79. The molecule has 2 atom stereocenters. The van der Waals surface area contributed by atoms with Crippen LogP contribution >= 0.6 is 0 Å². The van der Waals surface area contributed by atoms with Gasteiger partial charge in [0.25, 0.3) is 0 Å². The van der Waals surface area contributed by atoms with Crippen LogP contribution in [0.4, 0.5) is 4.39 Å². The molecule has 0 heterocycles. The molecule has 0 radical (unpaired) electrons. The molecule has 0 N–H and O–H groups in total. The summed E-state index contributed by atoms with van der Waals surface area (Å²) in [5, 5.41) is 0. The summed E-state index contributed by atoms with van der Waals surface area (Å²) in [5.74, 6) is -0.570. The first-order valence-electron chi connectivity index (χ1n) is 6.81. The Morgan fingerprint density at radius 2 is 2.11 bits per heavy atom. The van der Waals surface area contributed by atoms with Crippen LogP contribution in [0.25, 0.3) is 0 Å². The third-order valence-corrected chi connectivity index (χ3v) is 3.65. The van der Waals surface area contributed by atoms with Crippen LogP contribution in [0.1, 0.15) is 51.2 Å². The maximum absolute atomic E-state index is 14.1. The van der Waals surface area contributed by atoms with E-state index in [0.29, 0.717) is 18.6 Å². The number of rotatable bonds is 3. The van der Waals surface area contributed by atoms with Gasteiger partial charge in [-0.05, 0) is 36.0 Å². The number of halogens is 1. The molecular formula is C16H21FO2. The maximum atomic E-state index is 14.1. The Hall–Kier alpha value is -1.38. The van der Waals surface area contributed by atoms with Crippen LogP contribution in [0, 0.1) is 11.7 Å². The van der Waals surface area contributed by atoms with E-state index in [1.807, 2.05) is 12.1 Å². The summed E-state index contributed by atoms with van der Waals surface area (Å²) in [4.78, 5) is 11.6. The number of hydrogen-bond acceptors (Lipinski definition) is 2. The summed E-state index contributed by atoms with van der Waals surface area (Å²) in [6, 6.07) is 5.37. The zero-order valence-corrected chi connectivity index (χ0v) is 12.0. The molecule has 0 saturated heterocycles. The second-order valence-corrected chi connectivity index (χ2v) is 6.19. The third-order valence-electron chi connectivity index (χ3n) is 3.65. The fourth-order valence-corrected chi connectivity index (χ4v) is 2.34. The summed E-state index contributed by atoms with van der Waals surface area (Å²) in [5.41, 5.74) is 1.55. The van der Waals surface area contributed by atoms with Crippen molar-refractivity contribution in [2.75, 3.05) is 6.61 Å². The molecule has 2 nitrogen and oxygen atoms in total. The van der Waals surface area contributed by atoms with Gasteiger partial charge in [0.05, 0.1) is 12.5 Å². The summed E-state index contributed by atoms with van der Waals surface area (Å²) in [6.07, 6.45) is 0.699. The smallest absolute Gasteiger partial charge is 0.309 e.